The number of aromatic nitrogens is 3. The molecule has 0 atom stereocenters. The smallest absolute Gasteiger partial charge is 0.156 e. The summed E-state index contributed by atoms with van der Waals surface area (Å²) in [7, 11) is 0. The standard InChI is InChI=1S/C15H16ClN3O2/c1-3-20-13-6-4-5-12-15(13)17-14(8-16)19(12)9-11-7-10(2)18-21-11/h4-7H,3,8-9H2,1-2H3. The van der Waals surface area contributed by atoms with Crippen molar-refractivity contribution in [2.45, 2.75) is 26.3 Å². The van der Waals surface area contributed by atoms with E-state index in [9.17, 15) is 0 Å². The number of fused-ring (bicyclic) bond motifs is 1. The second-order valence-corrected chi connectivity index (χ2v) is 5.01. The Labute approximate surface area is 127 Å². The Morgan fingerprint density at radius 3 is 2.90 bits per heavy atom. The largest absolute Gasteiger partial charge is 0.492 e. The van der Waals surface area contributed by atoms with Crippen LogP contribution >= 0.6 is 11.6 Å². The fourth-order valence-electron chi connectivity index (χ4n) is 2.37. The second kappa shape index (κ2) is 5.77. The number of ether oxygens (including phenoxy) is 1. The van der Waals surface area contributed by atoms with E-state index in [1.165, 1.54) is 0 Å². The minimum Gasteiger partial charge on any atom is -0.492 e. The second-order valence-electron chi connectivity index (χ2n) is 4.74. The summed E-state index contributed by atoms with van der Waals surface area (Å²) in [5.41, 5.74) is 2.66. The van der Waals surface area contributed by atoms with Gasteiger partial charge in [0.25, 0.3) is 0 Å². The first-order valence-electron chi connectivity index (χ1n) is 6.82. The number of halogens is 1. The number of rotatable bonds is 5. The number of para-hydroxylation sites is 1. The molecule has 110 valence electrons. The molecule has 0 saturated carbocycles. The van der Waals surface area contributed by atoms with Gasteiger partial charge in [-0.2, -0.15) is 0 Å². The van der Waals surface area contributed by atoms with Crippen LogP contribution < -0.4 is 4.74 Å². The van der Waals surface area contributed by atoms with Gasteiger partial charge in [-0.3, -0.25) is 0 Å². The van der Waals surface area contributed by atoms with Crippen LogP contribution in [0.2, 0.25) is 0 Å². The van der Waals surface area contributed by atoms with E-state index in [0.717, 1.165) is 34.1 Å². The summed E-state index contributed by atoms with van der Waals surface area (Å²) in [5.74, 6) is 2.66. The van der Waals surface area contributed by atoms with Crippen LogP contribution in [-0.4, -0.2) is 21.3 Å². The van der Waals surface area contributed by atoms with Crippen LogP contribution in [0, 0.1) is 6.92 Å². The normalized spacial score (nSPS) is 11.2. The van der Waals surface area contributed by atoms with Crippen molar-refractivity contribution in [3.63, 3.8) is 0 Å². The summed E-state index contributed by atoms with van der Waals surface area (Å²) in [5, 5.41) is 3.91. The van der Waals surface area contributed by atoms with E-state index < -0.39 is 0 Å². The van der Waals surface area contributed by atoms with E-state index in [1.54, 1.807) is 0 Å². The van der Waals surface area contributed by atoms with Gasteiger partial charge < -0.3 is 13.8 Å². The van der Waals surface area contributed by atoms with Crippen LogP contribution in [0.25, 0.3) is 11.0 Å². The third-order valence-corrected chi connectivity index (χ3v) is 3.47. The predicted molar refractivity (Wildman–Crippen MR) is 80.8 cm³/mol. The topological polar surface area (TPSA) is 53.1 Å². The predicted octanol–water partition coefficient (Wildman–Crippen LogP) is 3.52. The summed E-state index contributed by atoms with van der Waals surface area (Å²) in [6, 6.07) is 7.79. The molecule has 0 aliphatic carbocycles. The van der Waals surface area contributed by atoms with Crippen molar-refractivity contribution < 1.29 is 9.26 Å². The fraction of sp³-hybridized carbons (Fsp3) is 0.333. The molecule has 0 fully saturated rings. The monoisotopic (exact) mass is 305 g/mol. The molecule has 21 heavy (non-hydrogen) atoms. The number of hydrogen-bond acceptors (Lipinski definition) is 4. The average Bonchev–Trinajstić information content (AvgIpc) is 3.05. The van der Waals surface area contributed by atoms with Gasteiger partial charge in [-0.15, -0.1) is 11.6 Å². The van der Waals surface area contributed by atoms with Crippen molar-refractivity contribution in [1.82, 2.24) is 14.7 Å². The lowest BCUT2D eigenvalue weighted by Gasteiger charge is -2.06. The molecule has 2 heterocycles. The molecule has 0 unspecified atom stereocenters. The fourth-order valence-corrected chi connectivity index (χ4v) is 2.57. The lowest BCUT2D eigenvalue weighted by molar-refractivity contribution is 0.343. The first-order valence-corrected chi connectivity index (χ1v) is 7.35. The Kier molecular flexibility index (Phi) is 3.84. The molecule has 0 bridgehead atoms. The summed E-state index contributed by atoms with van der Waals surface area (Å²) in [6.07, 6.45) is 0. The SMILES string of the molecule is CCOc1cccc2c1nc(CCl)n2Cc1cc(C)no1. The van der Waals surface area contributed by atoms with Crippen LogP contribution in [0.5, 0.6) is 5.75 Å². The molecule has 0 amide bonds. The number of benzene rings is 1. The van der Waals surface area contributed by atoms with Gasteiger partial charge >= 0.3 is 0 Å². The first-order chi connectivity index (χ1) is 10.2. The first kappa shape index (κ1) is 13.9. The molecule has 3 rings (SSSR count). The van der Waals surface area contributed by atoms with Crippen LogP contribution in [-0.2, 0) is 12.4 Å². The summed E-state index contributed by atoms with van der Waals surface area (Å²) in [4.78, 5) is 4.60. The molecule has 0 spiro atoms. The molecule has 0 radical (unpaired) electrons. The highest BCUT2D eigenvalue weighted by Gasteiger charge is 2.15. The molecular weight excluding hydrogens is 290 g/mol. The Morgan fingerprint density at radius 1 is 1.38 bits per heavy atom. The average molecular weight is 306 g/mol. The summed E-state index contributed by atoms with van der Waals surface area (Å²) < 4.78 is 13.0. The molecule has 0 aliphatic rings. The molecule has 0 saturated heterocycles. The van der Waals surface area contributed by atoms with Crippen molar-refractivity contribution >= 4 is 22.6 Å². The zero-order chi connectivity index (χ0) is 14.8. The highest BCUT2D eigenvalue weighted by molar-refractivity contribution is 6.16. The Morgan fingerprint density at radius 2 is 2.24 bits per heavy atom. The minimum absolute atomic E-state index is 0.327. The van der Waals surface area contributed by atoms with Crippen LogP contribution in [0.15, 0.2) is 28.8 Å². The molecule has 0 aliphatic heterocycles. The van der Waals surface area contributed by atoms with Crippen LogP contribution in [0.4, 0.5) is 0 Å². The van der Waals surface area contributed by atoms with E-state index in [2.05, 4.69) is 10.1 Å². The van der Waals surface area contributed by atoms with Crippen LogP contribution in [0.3, 0.4) is 0 Å². The summed E-state index contributed by atoms with van der Waals surface area (Å²) >= 11 is 6.03. The van der Waals surface area contributed by atoms with E-state index in [0.29, 0.717) is 19.0 Å². The maximum Gasteiger partial charge on any atom is 0.156 e. The van der Waals surface area contributed by atoms with Crippen molar-refractivity contribution in [3.8, 4) is 5.75 Å². The van der Waals surface area contributed by atoms with Crippen molar-refractivity contribution in [2.24, 2.45) is 0 Å². The van der Waals surface area contributed by atoms with E-state index in [-0.39, 0.29) is 0 Å². The van der Waals surface area contributed by atoms with Gasteiger partial charge in [0, 0.05) is 6.07 Å². The van der Waals surface area contributed by atoms with Crippen molar-refractivity contribution in [1.29, 1.82) is 0 Å². The van der Waals surface area contributed by atoms with Crippen molar-refractivity contribution in [2.75, 3.05) is 6.61 Å². The van der Waals surface area contributed by atoms with E-state index in [1.807, 2.05) is 42.7 Å². The number of nitrogens with zero attached hydrogens (tertiary/aromatic N) is 3. The van der Waals surface area contributed by atoms with Gasteiger partial charge in [-0.1, -0.05) is 11.2 Å². The maximum atomic E-state index is 6.03. The zero-order valence-corrected chi connectivity index (χ0v) is 12.7. The van der Waals surface area contributed by atoms with E-state index >= 15 is 0 Å². The Bertz CT molecular complexity index is 763. The Hall–Kier alpha value is -2.01. The van der Waals surface area contributed by atoms with Crippen LogP contribution in [0.1, 0.15) is 24.2 Å². The molecule has 5 nitrogen and oxygen atoms in total. The number of hydrogen-bond donors (Lipinski definition) is 0. The number of aryl methyl sites for hydroxylation is 1. The minimum atomic E-state index is 0.327. The zero-order valence-electron chi connectivity index (χ0n) is 12.0. The molecule has 3 aromatic rings. The van der Waals surface area contributed by atoms with Gasteiger partial charge in [-0.05, 0) is 26.0 Å². The maximum absolute atomic E-state index is 6.03. The molecule has 0 N–H and O–H groups in total. The van der Waals surface area contributed by atoms with Gasteiger partial charge in [-0.25, -0.2) is 4.98 Å². The van der Waals surface area contributed by atoms with Crippen molar-refractivity contribution in [3.05, 3.63) is 41.5 Å². The Balaban J connectivity index is 2.09. The third kappa shape index (κ3) is 2.61. The quantitative estimate of drug-likeness (QED) is 0.677. The summed E-state index contributed by atoms with van der Waals surface area (Å²) in [6.45, 7) is 5.00. The highest BCUT2D eigenvalue weighted by Crippen LogP contribution is 2.27. The third-order valence-electron chi connectivity index (χ3n) is 3.23. The number of alkyl halides is 1. The van der Waals surface area contributed by atoms with E-state index in [4.69, 9.17) is 20.9 Å². The molecule has 6 heteroatoms. The highest BCUT2D eigenvalue weighted by atomic mass is 35.5. The molecule has 2 aromatic heterocycles. The lowest BCUT2D eigenvalue weighted by atomic mass is 10.3. The van der Waals surface area contributed by atoms with Gasteiger partial charge in [0.05, 0.1) is 30.2 Å². The molecular formula is C15H16ClN3O2. The van der Waals surface area contributed by atoms with Gasteiger partial charge in [0.2, 0.25) is 0 Å². The number of imidazole rings is 1. The molecule has 1 aromatic carbocycles. The van der Waals surface area contributed by atoms with Gasteiger partial charge in [0.15, 0.2) is 5.76 Å². The van der Waals surface area contributed by atoms with Gasteiger partial charge in [0.1, 0.15) is 17.1 Å². The lowest BCUT2D eigenvalue weighted by Crippen LogP contribution is -2.03.